The summed E-state index contributed by atoms with van der Waals surface area (Å²) in [4.78, 5) is 1.19. The summed E-state index contributed by atoms with van der Waals surface area (Å²) in [6.07, 6.45) is 0. The van der Waals surface area contributed by atoms with Gasteiger partial charge < -0.3 is 5.32 Å². The van der Waals surface area contributed by atoms with E-state index in [1.807, 2.05) is 25.3 Å². The highest BCUT2D eigenvalue weighted by Gasteiger charge is 2.17. The predicted octanol–water partition coefficient (Wildman–Crippen LogP) is 4.03. The maximum Gasteiger partial charge on any atom is 0.159 e. The summed E-state index contributed by atoms with van der Waals surface area (Å²) in [6.45, 7) is 4.79. The lowest BCUT2D eigenvalue weighted by molar-refractivity contribution is 0.504. The molecule has 0 bridgehead atoms. The van der Waals surface area contributed by atoms with Crippen molar-refractivity contribution in [2.24, 2.45) is 0 Å². The third kappa shape index (κ3) is 2.60. The molecule has 4 heteroatoms. The van der Waals surface area contributed by atoms with Gasteiger partial charge in [-0.1, -0.05) is 13.0 Å². The Morgan fingerprint density at radius 1 is 1.22 bits per heavy atom. The predicted molar refractivity (Wildman–Crippen MR) is 70.9 cm³/mol. The lowest BCUT2D eigenvalue weighted by atomic mass is 9.99. The van der Waals surface area contributed by atoms with E-state index in [2.05, 4.69) is 5.32 Å². The Balaban J connectivity index is 2.41. The van der Waals surface area contributed by atoms with Gasteiger partial charge in [-0.3, -0.25) is 0 Å². The van der Waals surface area contributed by atoms with Crippen molar-refractivity contribution in [2.45, 2.75) is 19.9 Å². The first-order valence-corrected chi connectivity index (χ1v) is 6.73. The number of hydrogen-bond donors (Lipinski definition) is 1. The van der Waals surface area contributed by atoms with Gasteiger partial charge in [-0.15, -0.1) is 11.3 Å². The van der Waals surface area contributed by atoms with Crippen LogP contribution in [0.2, 0.25) is 0 Å². The first-order valence-electron chi connectivity index (χ1n) is 5.85. The van der Waals surface area contributed by atoms with Crippen LogP contribution in [-0.2, 0) is 0 Å². The van der Waals surface area contributed by atoms with Crippen molar-refractivity contribution in [3.8, 4) is 0 Å². The Morgan fingerprint density at radius 3 is 2.56 bits per heavy atom. The van der Waals surface area contributed by atoms with Crippen LogP contribution >= 0.6 is 11.3 Å². The van der Waals surface area contributed by atoms with Gasteiger partial charge in [0.2, 0.25) is 0 Å². The number of hydrogen-bond acceptors (Lipinski definition) is 2. The van der Waals surface area contributed by atoms with Crippen LogP contribution in [0.5, 0.6) is 0 Å². The highest BCUT2D eigenvalue weighted by atomic mass is 32.1. The molecule has 1 atom stereocenters. The number of rotatable bonds is 4. The fourth-order valence-corrected chi connectivity index (χ4v) is 2.74. The van der Waals surface area contributed by atoms with Crippen LogP contribution < -0.4 is 5.32 Å². The van der Waals surface area contributed by atoms with Crippen molar-refractivity contribution in [1.82, 2.24) is 5.32 Å². The van der Waals surface area contributed by atoms with Gasteiger partial charge in [-0.25, -0.2) is 8.78 Å². The summed E-state index contributed by atoms with van der Waals surface area (Å²) in [6, 6.07) is 6.00. The van der Waals surface area contributed by atoms with E-state index >= 15 is 0 Å². The Hall–Kier alpha value is -1.26. The van der Waals surface area contributed by atoms with Gasteiger partial charge in [0, 0.05) is 4.88 Å². The number of aryl methyl sites for hydroxylation is 1. The zero-order valence-electron chi connectivity index (χ0n) is 10.3. The van der Waals surface area contributed by atoms with Crippen LogP contribution in [0.1, 0.15) is 29.0 Å². The van der Waals surface area contributed by atoms with Gasteiger partial charge in [0.1, 0.15) is 0 Å². The first kappa shape index (κ1) is 13.2. The zero-order chi connectivity index (χ0) is 13.1. The first-order chi connectivity index (χ1) is 8.63. The summed E-state index contributed by atoms with van der Waals surface area (Å²) in [5.74, 6) is -1.61. The second kappa shape index (κ2) is 5.59. The molecule has 0 aliphatic heterocycles. The van der Waals surface area contributed by atoms with Gasteiger partial charge in [0.25, 0.3) is 0 Å². The molecule has 0 saturated heterocycles. The van der Waals surface area contributed by atoms with Crippen molar-refractivity contribution in [1.29, 1.82) is 0 Å². The minimum atomic E-state index is -0.809. The Bertz CT molecular complexity index is 536. The van der Waals surface area contributed by atoms with E-state index in [0.717, 1.165) is 17.7 Å². The number of halogens is 2. The number of nitrogens with one attached hydrogen (secondary N) is 1. The summed E-state index contributed by atoms with van der Waals surface area (Å²) >= 11 is 1.65. The van der Waals surface area contributed by atoms with Crippen LogP contribution in [0, 0.1) is 18.6 Å². The average Bonchev–Trinajstić information content (AvgIpc) is 2.76. The molecule has 0 spiro atoms. The molecule has 0 aliphatic carbocycles. The van der Waals surface area contributed by atoms with Crippen molar-refractivity contribution in [3.63, 3.8) is 0 Å². The Labute approximate surface area is 109 Å². The molecule has 0 fully saturated rings. The molecule has 1 unspecified atom stereocenters. The van der Waals surface area contributed by atoms with Crippen molar-refractivity contribution in [3.05, 3.63) is 57.3 Å². The monoisotopic (exact) mass is 267 g/mol. The average molecular weight is 267 g/mol. The van der Waals surface area contributed by atoms with Gasteiger partial charge in [-0.2, -0.15) is 0 Å². The van der Waals surface area contributed by atoms with E-state index in [4.69, 9.17) is 0 Å². The molecule has 1 N–H and O–H groups in total. The molecule has 18 heavy (non-hydrogen) atoms. The fourth-order valence-electron chi connectivity index (χ4n) is 2.00. The van der Waals surface area contributed by atoms with E-state index in [9.17, 15) is 8.78 Å². The van der Waals surface area contributed by atoms with Gasteiger partial charge in [0.15, 0.2) is 11.6 Å². The van der Waals surface area contributed by atoms with Crippen LogP contribution in [0.3, 0.4) is 0 Å². The lowest BCUT2D eigenvalue weighted by Gasteiger charge is -2.18. The minimum Gasteiger partial charge on any atom is -0.306 e. The summed E-state index contributed by atoms with van der Waals surface area (Å²) in [5.41, 5.74) is 1.87. The Morgan fingerprint density at radius 2 is 2.00 bits per heavy atom. The quantitative estimate of drug-likeness (QED) is 0.881. The summed E-state index contributed by atoms with van der Waals surface area (Å²) in [5, 5.41) is 5.32. The maximum absolute atomic E-state index is 13.3. The molecule has 1 heterocycles. The smallest absolute Gasteiger partial charge is 0.159 e. The summed E-state index contributed by atoms with van der Waals surface area (Å²) in [7, 11) is 0. The van der Waals surface area contributed by atoms with Gasteiger partial charge >= 0.3 is 0 Å². The topological polar surface area (TPSA) is 12.0 Å². The van der Waals surface area contributed by atoms with Crippen molar-refractivity contribution in [2.75, 3.05) is 6.54 Å². The maximum atomic E-state index is 13.3. The highest BCUT2D eigenvalue weighted by Crippen LogP contribution is 2.28. The molecule has 1 aromatic heterocycles. The van der Waals surface area contributed by atoms with Crippen molar-refractivity contribution >= 4 is 11.3 Å². The number of benzene rings is 1. The minimum absolute atomic E-state index is 0.0867. The van der Waals surface area contributed by atoms with Crippen molar-refractivity contribution < 1.29 is 8.78 Å². The third-order valence-electron chi connectivity index (χ3n) is 2.90. The van der Waals surface area contributed by atoms with E-state index in [-0.39, 0.29) is 6.04 Å². The van der Waals surface area contributed by atoms with E-state index < -0.39 is 11.6 Å². The van der Waals surface area contributed by atoms with Gasteiger partial charge in [-0.05, 0) is 48.2 Å². The van der Waals surface area contributed by atoms with E-state index in [1.165, 1.54) is 17.0 Å². The van der Waals surface area contributed by atoms with Crippen LogP contribution in [-0.4, -0.2) is 6.54 Å². The van der Waals surface area contributed by atoms with Crippen LogP contribution in [0.25, 0.3) is 0 Å². The molecule has 0 amide bonds. The second-order valence-corrected chi connectivity index (χ2v) is 5.22. The lowest BCUT2D eigenvalue weighted by Crippen LogP contribution is -2.22. The van der Waals surface area contributed by atoms with Crippen LogP contribution in [0.15, 0.2) is 29.6 Å². The fraction of sp³-hybridized carbons (Fsp3) is 0.286. The van der Waals surface area contributed by atoms with E-state index in [1.54, 1.807) is 17.4 Å². The zero-order valence-corrected chi connectivity index (χ0v) is 11.2. The molecule has 1 aromatic carbocycles. The SMILES string of the molecule is CCNC(c1ccc(F)c(F)c1)c1ccsc1C. The highest BCUT2D eigenvalue weighted by molar-refractivity contribution is 7.10. The second-order valence-electron chi connectivity index (χ2n) is 4.10. The van der Waals surface area contributed by atoms with Crippen LogP contribution in [0.4, 0.5) is 8.78 Å². The third-order valence-corrected chi connectivity index (χ3v) is 3.76. The molecule has 2 rings (SSSR count). The Kier molecular flexibility index (Phi) is 4.09. The molecular formula is C14H15F2NS. The molecule has 1 nitrogen and oxygen atoms in total. The molecule has 0 aliphatic rings. The normalized spacial score (nSPS) is 12.7. The van der Waals surface area contributed by atoms with E-state index in [0.29, 0.717) is 0 Å². The molecular weight excluding hydrogens is 252 g/mol. The largest absolute Gasteiger partial charge is 0.306 e. The van der Waals surface area contributed by atoms with Gasteiger partial charge in [0.05, 0.1) is 6.04 Å². The molecule has 96 valence electrons. The molecule has 0 saturated carbocycles. The molecule has 0 radical (unpaired) electrons. The number of thiophene rings is 1. The summed E-state index contributed by atoms with van der Waals surface area (Å²) < 4.78 is 26.3. The molecule has 2 aromatic rings. The standard InChI is InChI=1S/C14H15F2NS/c1-3-17-14(11-6-7-18-9(11)2)10-4-5-12(15)13(16)8-10/h4-8,14,17H,3H2,1-2H3.